The summed E-state index contributed by atoms with van der Waals surface area (Å²) in [5.74, 6) is 4.55. The highest BCUT2D eigenvalue weighted by molar-refractivity contribution is 5.84. The van der Waals surface area contributed by atoms with E-state index >= 15 is 0 Å². The van der Waals surface area contributed by atoms with Crippen molar-refractivity contribution in [2.24, 2.45) is 11.8 Å². The van der Waals surface area contributed by atoms with Crippen LogP contribution in [0.25, 0.3) is 0 Å². The largest absolute Gasteiger partial charge is 0.481 e. The Morgan fingerprint density at radius 1 is 1.31 bits per heavy atom. The van der Waals surface area contributed by atoms with Crippen LogP contribution in [0.5, 0.6) is 0 Å². The van der Waals surface area contributed by atoms with Gasteiger partial charge in [0.2, 0.25) is 0 Å². The monoisotopic (exact) mass is 364 g/mol. The Hall–Kier alpha value is -1.64. The van der Waals surface area contributed by atoms with Gasteiger partial charge in [0, 0.05) is 31.1 Å². The zero-order valence-corrected chi connectivity index (χ0v) is 15.9. The van der Waals surface area contributed by atoms with Crippen LogP contribution in [0.3, 0.4) is 0 Å². The van der Waals surface area contributed by atoms with Crippen molar-refractivity contribution in [3.8, 4) is 11.8 Å². The number of aliphatic carboxylic acids is 1. The summed E-state index contributed by atoms with van der Waals surface area (Å²) in [6.07, 6.45) is 8.17. The lowest BCUT2D eigenvalue weighted by atomic mass is 9.87. The van der Waals surface area contributed by atoms with Crippen molar-refractivity contribution in [1.29, 1.82) is 0 Å². The van der Waals surface area contributed by atoms with Gasteiger partial charge < -0.3 is 15.3 Å². The molecule has 1 aliphatic rings. The Balaban J connectivity index is 2.52. The van der Waals surface area contributed by atoms with Crippen LogP contribution in [0.1, 0.15) is 71.6 Å². The zero-order chi connectivity index (χ0) is 19.6. The molecule has 5 heteroatoms. The van der Waals surface area contributed by atoms with Crippen molar-refractivity contribution in [2.75, 3.05) is 0 Å². The summed E-state index contributed by atoms with van der Waals surface area (Å²) in [6.45, 7) is 3.47. The number of carbonyl (C=O) groups is 2. The third kappa shape index (κ3) is 8.16. The highest BCUT2D eigenvalue weighted by Crippen LogP contribution is 2.35. The molecule has 26 heavy (non-hydrogen) atoms. The molecule has 4 atom stereocenters. The zero-order valence-electron chi connectivity index (χ0n) is 15.9. The maximum Gasteiger partial charge on any atom is 0.303 e. The summed E-state index contributed by atoms with van der Waals surface area (Å²) in [5, 5.41) is 29.2. The van der Waals surface area contributed by atoms with Crippen molar-refractivity contribution in [3.05, 3.63) is 12.2 Å². The minimum Gasteiger partial charge on any atom is -0.481 e. The Morgan fingerprint density at radius 3 is 2.65 bits per heavy atom. The van der Waals surface area contributed by atoms with E-state index in [-0.39, 0.29) is 30.5 Å². The molecule has 1 unspecified atom stereocenters. The quantitative estimate of drug-likeness (QED) is 0.297. The van der Waals surface area contributed by atoms with E-state index in [4.69, 9.17) is 5.11 Å². The third-order valence-corrected chi connectivity index (χ3v) is 5.00. The second-order valence-corrected chi connectivity index (χ2v) is 7.41. The van der Waals surface area contributed by atoms with Gasteiger partial charge in [0.1, 0.15) is 5.78 Å². The summed E-state index contributed by atoms with van der Waals surface area (Å²) in [6, 6.07) is 0. The predicted octanol–water partition coefficient (Wildman–Crippen LogP) is 3.09. The van der Waals surface area contributed by atoms with Crippen molar-refractivity contribution in [1.82, 2.24) is 0 Å². The third-order valence-electron chi connectivity index (χ3n) is 5.00. The number of rotatable bonds is 11. The number of hydrogen-bond acceptors (Lipinski definition) is 4. The molecule has 0 aromatic rings. The fourth-order valence-electron chi connectivity index (χ4n) is 3.43. The van der Waals surface area contributed by atoms with Gasteiger partial charge in [-0.1, -0.05) is 31.4 Å². The van der Waals surface area contributed by atoms with Gasteiger partial charge in [-0.3, -0.25) is 9.59 Å². The van der Waals surface area contributed by atoms with Crippen molar-refractivity contribution in [2.45, 2.75) is 83.3 Å². The molecule has 0 amide bonds. The summed E-state index contributed by atoms with van der Waals surface area (Å²) in [4.78, 5) is 22.7. The number of ketones is 1. The SMILES string of the molecule is CC#CCCC(C)(O)/C=C/[C@H]1[C@H](O)CC(=O)[C@@H]1CCCCCCC(=O)O. The van der Waals surface area contributed by atoms with Crippen LogP contribution >= 0.6 is 0 Å². The molecule has 0 bridgehead atoms. The average molecular weight is 364 g/mol. The molecule has 1 rings (SSSR count). The number of Topliss-reactive ketones (excluding diaryl/α,β-unsaturated/α-hetero) is 1. The van der Waals surface area contributed by atoms with E-state index in [1.807, 2.05) is 0 Å². The first-order valence-corrected chi connectivity index (χ1v) is 9.51. The molecule has 5 nitrogen and oxygen atoms in total. The highest BCUT2D eigenvalue weighted by atomic mass is 16.4. The molecule has 0 spiro atoms. The topological polar surface area (TPSA) is 94.8 Å². The first-order chi connectivity index (χ1) is 12.3. The van der Waals surface area contributed by atoms with E-state index in [9.17, 15) is 19.8 Å². The smallest absolute Gasteiger partial charge is 0.303 e. The summed E-state index contributed by atoms with van der Waals surface area (Å²) in [7, 11) is 0. The van der Waals surface area contributed by atoms with Gasteiger partial charge in [0.15, 0.2) is 0 Å². The number of unbranched alkanes of at least 4 members (excludes halogenated alkanes) is 3. The summed E-state index contributed by atoms with van der Waals surface area (Å²) >= 11 is 0. The number of aliphatic hydroxyl groups is 2. The van der Waals surface area contributed by atoms with E-state index in [0.717, 1.165) is 19.3 Å². The molecule has 0 heterocycles. The standard InChI is InChI=1S/C21H32O5/c1-3-4-9-13-21(2,26)14-12-17-16(18(22)15-19(17)23)10-7-5-6-8-11-20(24)25/h12,14,16-17,19,23,26H,5-11,13,15H2,1-2H3,(H,24,25)/b14-12+/t16-,17-,19-,21?/m1/s1. The number of carboxylic acids is 1. The minimum atomic E-state index is -1.00. The summed E-state index contributed by atoms with van der Waals surface area (Å²) in [5.41, 5.74) is -1.00. The van der Waals surface area contributed by atoms with Crippen LogP contribution < -0.4 is 0 Å². The van der Waals surface area contributed by atoms with Gasteiger partial charge in [-0.05, 0) is 33.1 Å². The van der Waals surface area contributed by atoms with Gasteiger partial charge in [-0.15, -0.1) is 11.8 Å². The first-order valence-electron chi connectivity index (χ1n) is 9.51. The van der Waals surface area contributed by atoms with Gasteiger partial charge in [-0.2, -0.15) is 0 Å². The maximum absolute atomic E-state index is 12.2. The van der Waals surface area contributed by atoms with Gasteiger partial charge in [0.25, 0.3) is 0 Å². The molecule has 1 fully saturated rings. The molecule has 0 radical (unpaired) electrons. The van der Waals surface area contributed by atoms with E-state index in [0.29, 0.717) is 25.7 Å². The molecular weight excluding hydrogens is 332 g/mol. The Kier molecular flexibility index (Phi) is 9.61. The number of aliphatic hydroxyl groups excluding tert-OH is 1. The molecule has 1 aliphatic carbocycles. The van der Waals surface area contributed by atoms with E-state index in [2.05, 4.69) is 11.8 Å². The molecule has 3 N–H and O–H groups in total. The van der Waals surface area contributed by atoms with Gasteiger partial charge >= 0.3 is 5.97 Å². The van der Waals surface area contributed by atoms with Crippen LogP contribution in [0.15, 0.2) is 12.2 Å². The van der Waals surface area contributed by atoms with E-state index < -0.39 is 17.7 Å². The molecule has 0 aromatic carbocycles. The number of carboxylic acid groups (broad SMARTS) is 1. The van der Waals surface area contributed by atoms with Crippen molar-refractivity contribution in [3.63, 3.8) is 0 Å². The first kappa shape index (κ1) is 22.4. The minimum absolute atomic E-state index is 0.0779. The van der Waals surface area contributed by atoms with Crippen molar-refractivity contribution >= 4 is 11.8 Å². The second-order valence-electron chi connectivity index (χ2n) is 7.41. The van der Waals surface area contributed by atoms with E-state index in [1.54, 1.807) is 26.0 Å². The van der Waals surface area contributed by atoms with Crippen LogP contribution in [0.2, 0.25) is 0 Å². The molecule has 0 aromatic heterocycles. The maximum atomic E-state index is 12.2. The lowest BCUT2D eigenvalue weighted by Gasteiger charge is -2.21. The van der Waals surface area contributed by atoms with Crippen LogP contribution in [-0.4, -0.2) is 38.8 Å². The Labute approximate surface area is 156 Å². The Bertz CT molecular complexity index is 552. The molecule has 0 aliphatic heterocycles. The van der Waals surface area contributed by atoms with Gasteiger partial charge in [-0.25, -0.2) is 0 Å². The van der Waals surface area contributed by atoms with Crippen LogP contribution in [0, 0.1) is 23.7 Å². The average Bonchev–Trinajstić information content (AvgIpc) is 2.82. The lowest BCUT2D eigenvalue weighted by molar-refractivity contribution is -0.137. The predicted molar refractivity (Wildman–Crippen MR) is 100 cm³/mol. The molecule has 0 saturated heterocycles. The Morgan fingerprint density at radius 2 is 2.00 bits per heavy atom. The highest BCUT2D eigenvalue weighted by Gasteiger charge is 2.39. The number of carbonyl (C=O) groups excluding carboxylic acids is 1. The van der Waals surface area contributed by atoms with E-state index in [1.165, 1.54) is 0 Å². The normalized spacial score (nSPS) is 25.1. The molecule has 1 saturated carbocycles. The lowest BCUT2D eigenvalue weighted by Crippen LogP contribution is -2.23. The van der Waals surface area contributed by atoms with Gasteiger partial charge in [0.05, 0.1) is 11.7 Å². The second kappa shape index (κ2) is 11.2. The van der Waals surface area contributed by atoms with Crippen LogP contribution in [0.4, 0.5) is 0 Å². The fourth-order valence-corrected chi connectivity index (χ4v) is 3.43. The van der Waals surface area contributed by atoms with Crippen molar-refractivity contribution < 1.29 is 24.9 Å². The summed E-state index contributed by atoms with van der Waals surface area (Å²) < 4.78 is 0. The fraction of sp³-hybridized carbons (Fsp3) is 0.714. The molecule has 146 valence electrons. The number of hydrogen-bond donors (Lipinski definition) is 3. The molecular formula is C21H32O5. The van der Waals surface area contributed by atoms with Crippen LogP contribution in [-0.2, 0) is 9.59 Å².